The Morgan fingerprint density at radius 3 is 1.33 bits per heavy atom. The second kappa shape index (κ2) is 9.73. The molecule has 0 amide bonds. The number of rotatable bonds is 12. The van der Waals surface area contributed by atoms with Crippen molar-refractivity contribution in [3.05, 3.63) is 23.9 Å². The van der Waals surface area contributed by atoms with Crippen LogP contribution in [0, 0.1) is 0 Å². The lowest BCUT2D eigenvalue weighted by atomic mass is 10.3. The second-order valence-electron chi connectivity index (χ2n) is 6.21. The van der Waals surface area contributed by atoms with Crippen LogP contribution in [0.15, 0.2) is 21.0 Å². The van der Waals surface area contributed by atoms with Crippen molar-refractivity contribution in [1.82, 2.24) is 9.97 Å². The van der Waals surface area contributed by atoms with Crippen LogP contribution in [0.5, 0.6) is 0 Å². The Bertz CT molecular complexity index is 940. The summed E-state index contributed by atoms with van der Waals surface area (Å²) in [5, 5.41) is 0. The van der Waals surface area contributed by atoms with E-state index in [-0.39, 0.29) is 50.5 Å². The fourth-order valence-electron chi connectivity index (χ4n) is 2.96. The minimum Gasteiger partial charge on any atom is -0.440 e. The number of hydrogen-bond acceptors (Lipinski definition) is 10. The summed E-state index contributed by atoms with van der Waals surface area (Å²) in [6.07, 6.45) is -0.148. The molecule has 0 saturated carbocycles. The van der Waals surface area contributed by atoms with E-state index in [1.807, 2.05) is 0 Å². The lowest BCUT2D eigenvalue weighted by molar-refractivity contribution is 0.216. The first-order chi connectivity index (χ1) is 14.3. The van der Waals surface area contributed by atoms with Crippen LogP contribution >= 0.6 is 15.2 Å². The molecule has 166 valence electrons. The van der Waals surface area contributed by atoms with Crippen LogP contribution in [0.1, 0.15) is 39.5 Å². The highest BCUT2D eigenvalue weighted by atomic mass is 31.2. The SMILES string of the molecule is CCOP(=O)(Cc1nc2cc3oc(CP(=O)(OCC)OCC)nc3cc2o1)OCC. The molecule has 12 heteroatoms. The highest BCUT2D eigenvalue weighted by Crippen LogP contribution is 2.52. The first-order valence-electron chi connectivity index (χ1n) is 9.78. The lowest BCUT2D eigenvalue weighted by Gasteiger charge is -2.14. The van der Waals surface area contributed by atoms with E-state index in [9.17, 15) is 9.13 Å². The molecule has 0 spiro atoms. The van der Waals surface area contributed by atoms with E-state index in [1.165, 1.54) is 0 Å². The predicted molar refractivity (Wildman–Crippen MR) is 111 cm³/mol. The molecule has 0 unspecified atom stereocenters. The molecule has 10 nitrogen and oxygen atoms in total. The summed E-state index contributed by atoms with van der Waals surface area (Å²) in [6.45, 7) is 7.98. The highest BCUT2D eigenvalue weighted by Gasteiger charge is 2.29. The molecular weight excluding hydrogens is 434 g/mol. The Hall–Kier alpha value is -1.54. The van der Waals surface area contributed by atoms with E-state index in [1.54, 1.807) is 39.8 Å². The summed E-state index contributed by atoms with van der Waals surface area (Å²) < 4.78 is 58.0. The Labute approximate surface area is 174 Å². The fraction of sp³-hybridized carbons (Fsp3) is 0.556. The van der Waals surface area contributed by atoms with Gasteiger partial charge in [0.2, 0.25) is 11.8 Å². The standard InChI is InChI=1S/C18H26N2O8P2/c1-5-23-29(21,24-6-2)11-17-19-13-9-16-14(10-15(13)27-17)20-18(28-16)12-30(22,25-7-3)26-8-4/h9-10H,5-8,11-12H2,1-4H3. The van der Waals surface area contributed by atoms with Crippen LogP contribution in [0.4, 0.5) is 0 Å². The average molecular weight is 460 g/mol. The van der Waals surface area contributed by atoms with Crippen molar-refractivity contribution in [2.24, 2.45) is 0 Å². The zero-order valence-electron chi connectivity index (χ0n) is 17.5. The predicted octanol–water partition coefficient (Wildman–Crippen LogP) is 5.50. The van der Waals surface area contributed by atoms with Gasteiger partial charge in [-0.05, 0) is 27.7 Å². The van der Waals surface area contributed by atoms with E-state index in [0.29, 0.717) is 22.2 Å². The monoisotopic (exact) mass is 460 g/mol. The van der Waals surface area contributed by atoms with E-state index >= 15 is 0 Å². The smallest absolute Gasteiger partial charge is 0.339 e. The molecule has 2 heterocycles. The summed E-state index contributed by atoms with van der Waals surface area (Å²) in [4.78, 5) is 8.73. The molecule has 0 aliphatic carbocycles. The summed E-state index contributed by atoms with van der Waals surface area (Å²) in [5.74, 6) is 0.473. The van der Waals surface area contributed by atoms with Gasteiger partial charge in [-0.25, -0.2) is 9.97 Å². The normalized spacial score (nSPS) is 12.9. The minimum absolute atomic E-state index is 0.0741. The minimum atomic E-state index is -3.33. The molecule has 3 rings (SSSR count). The average Bonchev–Trinajstić information content (AvgIpc) is 3.20. The molecule has 0 bridgehead atoms. The summed E-state index contributed by atoms with van der Waals surface area (Å²) in [7, 11) is -6.67. The first-order valence-corrected chi connectivity index (χ1v) is 13.2. The van der Waals surface area contributed by atoms with Gasteiger partial charge in [0.1, 0.15) is 23.4 Å². The van der Waals surface area contributed by atoms with Gasteiger partial charge in [0, 0.05) is 12.1 Å². The molecule has 0 radical (unpaired) electrons. The number of hydrogen-bond donors (Lipinski definition) is 0. The molecule has 2 aromatic heterocycles. The van der Waals surface area contributed by atoms with Crippen molar-refractivity contribution >= 4 is 37.4 Å². The third kappa shape index (κ3) is 5.38. The third-order valence-corrected chi connectivity index (χ3v) is 7.87. The number of nitrogens with zero attached hydrogens (tertiary/aromatic N) is 2. The van der Waals surface area contributed by atoms with Gasteiger partial charge in [-0.15, -0.1) is 0 Å². The molecule has 0 fully saturated rings. The number of fused-ring (bicyclic) bond motifs is 2. The second-order valence-corrected chi connectivity index (χ2v) is 10.3. The lowest BCUT2D eigenvalue weighted by Crippen LogP contribution is -1.99. The van der Waals surface area contributed by atoms with Gasteiger partial charge in [0.15, 0.2) is 11.2 Å². The van der Waals surface area contributed by atoms with Gasteiger partial charge < -0.3 is 26.9 Å². The van der Waals surface area contributed by atoms with Crippen molar-refractivity contribution < 1.29 is 36.1 Å². The maximum atomic E-state index is 12.7. The molecule has 30 heavy (non-hydrogen) atoms. The van der Waals surface area contributed by atoms with E-state index in [0.717, 1.165) is 0 Å². The van der Waals surface area contributed by atoms with E-state index in [2.05, 4.69) is 9.97 Å². The van der Waals surface area contributed by atoms with Gasteiger partial charge in [-0.1, -0.05) is 0 Å². The van der Waals surface area contributed by atoms with Crippen molar-refractivity contribution in [2.45, 2.75) is 40.0 Å². The van der Waals surface area contributed by atoms with Crippen molar-refractivity contribution in [3.8, 4) is 0 Å². The molecule has 0 N–H and O–H groups in total. The highest BCUT2D eigenvalue weighted by molar-refractivity contribution is 7.53. The fourth-order valence-corrected chi connectivity index (χ4v) is 5.98. The summed E-state index contributed by atoms with van der Waals surface area (Å²) in [6, 6.07) is 3.32. The number of oxazole rings is 2. The molecule has 0 aliphatic heterocycles. The third-order valence-electron chi connectivity index (χ3n) is 3.95. The summed E-state index contributed by atoms with van der Waals surface area (Å²) in [5.41, 5.74) is 1.93. The Morgan fingerprint density at radius 1 is 0.700 bits per heavy atom. The molecule has 0 aliphatic rings. The topological polar surface area (TPSA) is 123 Å². The molecule has 0 saturated heterocycles. The van der Waals surface area contributed by atoms with E-state index < -0.39 is 15.2 Å². The van der Waals surface area contributed by atoms with Gasteiger partial charge >= 0.3 is 15.2 Å². The zero-order valence-corrected chi connectivity index (χ0v) is 19.2. The van der Waals surface area contributed by atoms with Gasteiger partial charge in [-0.3, -0.25) is 9.13 Å². The Morgan fingerprint density at radius 2 is 1.03 bits per heavy atom. The largest absolute Gasteiger partial charge is 0.440 e. The molecule has 1 aromatic carbocycles. The zero-order chi connectivity index (χ0) is 21.8. The maximum absolute atomic E-state index is 12.7. The van der Waals surface area contributed by atoms with Gasteiger partial charge in [0.25, 0.3) is 0 Å². The van der Waals surface area contributed by atoms with Gasteiger partial charge in [0.05, 0.1) is 26.4 Å². The Kier molecular flexibility index (Phi) is 7.50. The van der Waals surface area contributed by atoms with Crippen LogP contribution in [0.25, 0.3) is 22.2 Å². The number of benzene rings is 1. The van der Waals surface area contributed by atoms with Crippen molar-refractivity contribution in [2.75, 3.05) is 26.4 Å². The maximum Gasteiger partial charge on any atom is 0.339 e. The molecule has 0 atom stereocenters. The van der Waals surface area contributed by atoms with Crippen LogP contribution in [0.2, 0.25) is 0 Å². The summed E-state index contributed by atoms with van der Waals surface area (Å²) >= 11 is 0. The van der Waals surface area contributed by atoms with Crippen molar-refractivity contribution in [3.63, 3.8) is 0 Å². The van der Waals surface area contributed by atoms with E-state index in [4.69, 9.17) is 26.9 Å². The van der Waals surface area contributed by atoms with Crippen LogP contribution in [0.3, 0.4) is 0 Å². The molecular formula is C18H26N2O8P2. The van der Waals surface area contributed by atoms with Crippen LogP contribution in [-0.4, -0.2) is 36.4 Å². The quantitative estimate of drug-likeness (QED) is 0.320. The number of aromatic nitrogens is 2. The van der Waals surface area contributed by atoms with Crippen molar-refractivity contribution in [1.29, 1.82) is 0 Å². The Balaban J connectivity index is 1.87. The van der Waals surface area contributed by atoms with Gasteiger partial charge in [-0.2, -0.15) is 0 Å². The van der Waals surface area contributed by atoms with Crippen LogP contribution < -0.4 is 0 Å². The van der Waals surface area contributed by atoms with Crippen LogP contribution in [-0.2, 0) is 39.5 Å². The molecule has 3 aromatic rings. The first kappa shape index (κ1) is 23.1.